The number of ether oxygens (including phenoxy) is 3. The van der Waals surface area contributed by atoms with E-state index in [0.717, 1.165) is 70.0 Å². The fourth-order valence-corrected chi connectivity index (χ4v) is 5.17. The van der Waals surface area contributed by atoms with Crippen LogP contribution in [0.15, 0.2) is 22.7 Å². The second-order valence-electron chi connectivity index (χ2n) is 9.64. The lowest BCUT2D eigenvalue weighted by atomic mass is 9.91. The van der Waals surface area contributed by atoms with Crippen molar-refractivity contribution in [3.8, 4) is 11.6 Å². The molecular formula is C24H34N2O6. The molecule has 32 heavy (non-hydrogen) atoms. The fraction of sp³-hybridized carbons (Fsp3) is 0.708. The number of hydrogen-bond donors (Lipinski definition) is 2. The van der Waals surface area contributed by atoms with Crippen LogP contribution in [0.25, 0.3) is 11.0 Å². The lowest BCUT2D eigenvalue weighted by molar-refractivity contribution is -0.0834. The Morgan fingerprint density at radius 2 is 1.94 bits per heavy atom. The number of nitrogens with zero attached hydrogens (tertiary/aromatic N) is 2. The van der Waals surface area contributed by atoms with Crippen molar-refractivity contribution in [3.05, 3.63) is 18.2 Å². The van der Waals surface area contributed by atoms with Crippen LogP contribution in [-0.2, 0) is 4.74 Å². The monoisotopic (exact) mass is 446 g/mol. The topological polar surface area (TPSA) is 97.4 Å². The van der Waals surface area contributed by atoms with E-state index in [-0.39, 0.29) is 6.10 Å². The number of fused-ring (bicyclic) bond motifs is 1. The van der Waals surface area contributed by atoms with Gasteiger partial charge in [0.25, 0.3) is 5.88 Å². The maximum atomic E-state index is 10.8. The van der Waals surface area contributed by atoms with Gasteiger partial charge in [-0.2, -0.15) is 0 Å². The molecule has 0 radical (unpaired) electrons. The summed E-state index contributed by atoms with van der Waals surface area (Å²) in [5.74, 6) is 1.55. The predicted octanol–water partition coefficient (Wildman–Crippen LogP) is 2.75. The average Bonchev–Trinajstić information content (AvgIpc) is 3.40. The van der Waals surface area contributed by atoms with E-state index in [1.54, 1.807) is 0 Å². The van der Waals surface area contributed by atoms with Gasteiger partial charge in [-0.15, -0.1) is 0 Å². The van der Waals surface area contributed by atoms with E-state index >= 15 is 0 Å². The number of aliphatic hydroxyl groups is 2. The molecule has 2 saturated heterocycles. The summed E-state index contributed by atoms with van der Waals surface area (Å²) in [6.07, 6.45) is 5.46. The van der Waals surface area contributed by atoms with Gasteiger partial charge in [0.1, 0.15) is 17.2 Å². The maximum absolute atomic E-state index is 10.8. The van der Waals surface area contributed by atoms with E-state index in [1.165, 1.54) is 0 Å². The standard InChI is InChI=1S/C24H34N2O6/c27-18-3-1-4-19(18)31-20-5-2-6-21-22(20)23(25-32-21)30-15-17-7-11-26(12-8-17)16-24(28)9-13-29-14-10-24/h2,5-6,17-19,27-28H,1,3-4,7-16H2/t18-,19-/m0/s1. The van der Waals surface area contributed by atoms with Gasteiger partial charge in [-0.3, -0.25) is 0 Å². The zero-order valence-corrected chi connectivity index (χ0v) is 18.6. The van der Waals surface area contributed by atoms with Gasteiger partial charge in [-0.25, -0.2) is 0 Å². The predicted molar refractivity (Wildman–Crippen MR) is 118 cm³/mol. The third kappa shape index (κ3) is 4.88. The van der Waals surface area contributed by atoms with Crippen molar-refractivity contribution < 1.29 is 28.9 Å². The van der Waals surface area contributed by atoms with Crippen LogP contribution < -0.4 is 9.47 Å². The first-order valence-corrected chi connectivity index (χ1v) is 12.0. The highest BCUT2D eigenvalue weighted by Gasteiger charge is 2.33. The molecule has 0 unspecified atom stereocenters. The van der Waals surface area contributed by atoms with Crippen LogP contribution in [-0.4, -0.2) is 77.5 Å². The van der Waals surface area contributed by atoms with Gasteiger partial charge in [0, 0.05) is 32.6 Å². The molecule has 2 aliphatic heterocycles. The summed E-state index contributed by atoms with van der Waals surface area (Å²) in [6.45, 7) is 4.53. The number of aliphatic hydroxyl groups excluding tert-OH is 1. The maximum Gasteiger partial charge on any atom is 0.265 e. The van der Waals surface area contributed by atoms with Crippen molar-refractivity contribution >= 4 is 11.0 Å². The van der Waals surface area contributed by atoms with Crippen LogP contribution in [0.3, 0.4) is 0 Å². The number of piperidine rings is 1. The van der Waals surface area contributed by atoms with E-state index in [1.807, 2.05) is 18.2 Å². The Balaban J connectivity index is 1.16. The van der Waals surface area contributed by atoms with E-state index in [0.29, 0.717) is 43.0 Å². The summed E-state index contributed by atoms with van der Waals surface area (Å²) in [5.41, 5.74) is 0.0225. The minimum atomic E-state index is -0.607. The van der Waals surface area contributed by atoms with Gasteiger partial charge < -0.3 is 33.8 Å². The minimum absolute atomic E-state index is 0.196. The third-order valence-electron chi connectivity index (χ3n) is 7.23. The summed E-state index contributed by atoms with van der Waals surface area (Å²) < 4.78 is 23.1. The van der Waals surface area contributed by atoms with Gasteiger partial charge >= 0.3 is 0 Å². The van der Waals surface area contributed by atoms with Crippen LogP contribution in [0.4, 0.5) is 0 Å². The lowest BCUT2D eigenvalue weighted by Gasteiger charge is -2.39. The number of rotatable bonds is 7. The average molecular weight is 447 g/mol. The Morgan fingerprint density at radius 3 is 2.69 bits per heavy atom. The molecule has 176 valence electrons. The van der Waals surface area contributed by atoms with Crippen LogP contribution in [0.2, 0.25) is 0 Å². The summed E-state index contributed by atoms with van der Waals surface area (Å²) in [4.78, 5) is 2.37. The Hall–Kier alpha value is -1.87. The molecule has 1 aromatic heterocycles. The molecule has 1 aromatic carbocycles. The molecule has 8 nitrogen and oxygen atoms in total. The molecule has 1 aliphatic carbocycles. The second kappa shape index (κ2) is 9.55. The normalized spacial score (nSPS) is 27.1. The van der Waals surface area contributed by atoms with E-state index in [9.17, 15) is 10.2 Å². The van der Waals surface area contributed by atoms with Gasteiger partial charge in [-0.1, -0.05) is 6.07 Å². The summed E-state index contributed by atoms with van der Waals surface area (Å²) in [7, 11) is 0. The van der Waals surface area contributed by atoms with E-state index < -0.39 is 11.7 Å². The first-order valence-electron chi connectivity index (χ1n) is 12.0. The van der Waals surface area contributed by atoms with E-state index in [2.05, 4.69) is 10.1 Å². The van der Waals surface area contributed by atoms with Gasteiger partial charge in [0.15, 0.2) is 5.58 Å². The van der Waals surface area contributed by atoms with Crippen LogP contribution >= 0.6 is 0 Å². The fourth-order valence-electron chi connectivity index (χ4n) is 5.17. The van der Waals surface area contributed by atoms with Gasteiger partial charge in [0.05, 0.1) is 18.3 Å². The first kappa shape index (κ1) is 21.9. The molecule has 3 fully saturated rings. The Bertz CT molecular complexity index is 888. The van der Waals surface area contributed by atoms with E-state index in [4.69, 9.17) is 18.7 Å². The van der Waals surface area contributed by atoms with Gasteiger partial charge in [-0.05, 0) is 68.4 Å². The summed E-state index contributed by atoms with van der Waals surface area (Å²) in [5, 5.41) is 25.8. The molecule has 2 N–H and O–H groups in total. The molecular weight excluding hydrogens is 412 g/mol. The molecule has 3 aliphatic rings. The van der Waals surface area contributed by atoms with Crippen molar-refractivity contribution in [1.29, 1.82) is 0 Å². The van der Waals surface area contributed by atoms with Crippen molar-refractivity contribution in [2.45, 2.75) is 62.8 Å². The zero-order chi connectivity index (χ0) is 22.0. The number of benzene rings is 1. The first-order chi connectivity index (χ1) is 15.6. The molecule has 5 rings (SSSR count). The smallest absolute Gasteiger partial charge is 0.265 e. The highest BCUT2D eigenvalue weighted by molar-refractivity contribution is 5.88. The van der Waals surface area contributed by atoms with Crippen molar-refractivity contribution in [3.63, 3.8) is 0 Å². The third-order valence-corrected chi connectivity index (χ3v) is 7.23. The second-order valence-corrected chi connectivity index (χ2v) is 9.64. The minimum Gasteiger partial charge on any atom is -0.487 e. The van der Waals surface area contributed by atoms with Crippen molar-refractivity contribution in [2.75, 3.05) is 39.5 Å². The van der Waals surface area contributed by atoms with Crippen LogP contribution in [0, 0.1) is 5.92 Å². The molecule has 0 amide bonds. The highest BCUT2D eigenvalue weighted by Crippen LogP contribution is 2.36. The molecule has 0 spiro atoms. The highest BCUT2D eigenvalue weighted by atomic mass is 16.5. The number of β-amino-alcohol motifs (C(OH)–C–C–N with tert-alkyl or cyclic N) is 1. The van der Waals surface area contributed by atoms with Crippen LogP contribution in [0.1, 0.15) is 44.9 Å². The quantitative estimate of drug-likeness (QED) is 0.670. The number of hydrogen-bond acceptors (Lipinski definition) is 8. The van der Waals surface area contributed by atoms with Crippen LogP contribution in [0.5, 0.6) is 11.6 Å². The number of likely N-dealkylation sites (tertiary alicyclic amines) is 1. The van der Waals surface area contributed by atoms with Gasteiger partial charge in [0.2, 0.25) is 0 Å². The summed E-state index contributed by atoms with van der Waals surface area (Å²) in [6, 6.07) is 5.61. The summed E-state index contributed by atoms with van der Waals surface area (Å²) >= 11 is 0. The Labute approximate surface area is 188 Å². The van der Waals surface area contributed by atoms with Crippen molar-refractivity contribution in [1.82, 2.24) is 10.1 Å². The largest absolute Gasteiger partial charge is 0.487 e. The number of aromatic nitrogens is 1. The SMILES string of the molecule is O[C@H]1CCC[C@@H]1Oc1cccc2onc(OCC3CCN(CC4(O)CCOCC4)CC3)c12. The Morgan fingerprint density at radius 1 is 1.12 bits per heavy atom. The van der Waals surface area contributed by atoms with Crippen molar-refractivity contribution in [2.24, 2.45) is 5.92 Å². The molecule has 2 atom stereocenters. The Kier molecular flexibility index (Phi) is 6.55. The molecule has 0 bridgehead atoms. The molecule has 8 heteroatoms. The molecule has 1 saturated carbocycles. The molecule has 3 heterocycles. The zero-order valence-electron chi connectivity index (χ0n) is 18.6. The lowest BCUT2D eigenvalue weighted by Crippen LogP contribution is -2.49. The molecule has 2 aromatic rings.